The molecule has 0 fully saturated rings. The number of amides is 1. The van der Waals surface area contributed by atoms with Crippen molar-refractivity contribution in [2.75, 3.05) is 11.9 Å². The summed E-state index contributed by atoms with van der Waals surface area (Å²) in [5.41, 5.74) is 4.86. The van der Waals surface area contributed by atoms with E-state index in [1.807, 2.05) is 61.0 Å². The minimum Gasteiger partial charge on any atom is -0.484 e. The average molecular weight is 399 g/mol. The number of carbonyl (C=O) groups is 1. The van der Waals surface area contributed by atoms with Crippen LogP contribution in [0.1, 0.15) is 22.5 Å². The van der Waals surface area contributed by atoms with E-state index in [0.717, 1.165) is 27.8 Å². The van der Waals surface area contributed by atoms with E-state index in [1.165, 1.54) is 11.1 Å². The molecule has 0 radical (unpaired) electrons. The van der Waals surface area contributed by atoms with Gasteiger partial charge in [0.25, 0.3) is 5.91 Å². The van der Waals surface area contributed by atoms with E-state index in [-0.39, 0.29) is 12.5 Å². The second-order valence-electron chi connectivity index (χ2n) is 7.53. The fourth-order valence-electron chi connectivity index (χ4n) is 3.48. The molecule has 0 aliphatic heterocycles. The van der Waals surface area contributed by atoms with Gasteiger partial charge in [-0.3, -0.25) is 9.48 Å². The Hall–Kier alpha value is -3.60. The van der Waals surface area contributed by atoms with Gasteiger partial charge in [-0.15, -0.1) is 0 Å². The fourth-order valence-corrected chi connectivity index (χ4v) is 3.48. The number of benzene rings is 3. The van der Waals surface area contributed by atoms with Gasteiger partial charge in [-0.2, -0.15) is 5.10 Å². The zero-order valence-corrected chi connectivity index (χ0v) is 17.5. The van der Waals surface area contributed by atoms with Crippen LogP contribution in [0, 0.1) is 20.8 Å². The number of rotatable bonds is 6. The summed E-state index contributed by atoms with van der Waals surface area (Å²) in [6, 6.07) is 22.3. The van der Waals surface area contributed by atoms with Crippen molar-refractivity contribution in [2.45, 2.75) is 27.3 Å². The smallest absolute Gasteiger partial charge is 0.262 e. The minimum atomic E-state index is -0.204. The first-order chi connectivity index (χ1) is 14.5. The Morgan fingerprint density at radius 3 is 2.47 bits per heavy atom. The molecule has 1 N–H and O–H groups in total. The molecular formula is C25H25N3O2. The molecule has 5 nitrogen and oxygen atoms in total. The highest BCUT2D eigenvalue weighted by molar-refractivity contribution is 5.93. The molecule has 1 aromatic heterocycles. The number of fused-ring (bicyclic) bond motifs is 1. The van der Waals surface area contributed by atoms with E-state index >= 15 is 0 Å². The van der Waals surface area contributed by atoms with Crippen LogP contribution in [-0.2, 0) is 11.3 Å². The van der Waals surface area contributed by atoms with Crippen molar-refractivity contribution in [3.8, 4) is 5.75 Å². The molecule has 30 heavy (non-hydrogen) atoms. The van der Waals surface area contributed by atoms with Crippen LogP contribution in [0.5, 0.6) is 5.75 Å². The van der Waals surface area contributed by atoms with Gasteiger partial charge in [0, 0.05) is 0 Å². The molecule has 4 aromatic rings. The van der Waals surface area contributed by atoms with Crippen molar-refractivity contribution < 1.29 is 9.53 Å². The SMILES string of the molecule is Cc1ccc(Cn2nc(C)c(NC(=O)COc3ccc4ccccc4c3)c2C)cc1. The standard InChI is InChI=1S/C25H25N3O2/c1-17-8-10-20(11-9-17)15-28-19(3)25(18(2)27-28)26-24(29)16-30-23-13-12-21-6-4-5-7-22(21)14-23/h4-14H,15-16H2,1-3H3,(H,26,29). The van der Waals surface area contributed by atoms with Gasteiger partial charge in [-0.1, -0.05) is 60.2 Å². The van der Waals surface area contributed by atoms with Gasteiger partial charge < -0.3 is 10.1 Å². The molecule has 0 atom stereocenters. The lowest BCUT2D eigenvalue weighted by Gasteiger charge is -2.09. The molecule has 0 bridgehead atoms. The number of aromatic nitrogens is 2. The molecule has 0 saturated carbocycles. The van der Waals surface area contributed by atoms with Crippen LogP contribution in [0.15, 0.2) is 66.7 Å². The summed E-state index contributed by atoms with van der Waals surface area (Å²) < 4.78 is 7.62. The van der Waals surface area contributed by atoms with E-state index in [1.54, 1.807) is 0 Å². The molecule has 5 heteroatoms. The number of hydrogen-bond acceptors (Lipinski definition) is 3. The van der Waals surface area contributed by atoms with Gasteiger partial charge in [-0.05, 0) is 49.2 Å². The third-order valence-corrected chi connectivity index (χ3v) is 5.19. The second kappa shape index (κ2) is 8.41. The zero-order valence-electron chi connectivity index (χ0n) is 17.5. The highest BCUT2D eigenvalue weighted by Gasteiger charge is 2.15. The maximum atomic E-state index is 12.5. The Kier molecular flexibility index (Phi) is 5.53. The van der Waals surface area contributed by atoms with E-state index in [0.29, 0.717) is 12.3 Å². The lowest BCUT2D eigenvalue weighted by Crippen LogP contribution is -2.21. The van der Waals surface area contributed by atoms with Crippen LogP contribution < -0.4 is 10.1 Å². The zero-order chi connectivity index (χ0) is 21.1. The molecular weight excluding hydrogens is 374 g/mol. The highest BCUT2D eigenvalue weighted by Crippen LogP contribution is 2.22. The molecule has 0 unspecified atom stereocenters. The third-order valence-electron chi connectivity index (χ3n) is 5.19. The van der Waals surface area contributed by atoms with Crippen LogP contribution in [0.3, 0.4) is 0 Å². The Labute approximate surface area is 176 Å². The van der Waals surface area contributed by atoms with E-state index < -0.39 is 0 Å². The highest BCUT2D eigenvalue weighted by atomic mass is 16.5. The Morgan fingerprint density at radius 1 is 0.967 bits per heavy atom. The summed E-state index contributed by atoms with van der Waals surface area (Å²) in [6.07, 6.45) is 0. The van der Waals surface area contributed by atoms with Gasteiger partial charge in [0.1, 0.15) is 5.75 Å². The van der Waals surface area contributed by atoms with Crippen LogP contribution >= 0.6 is 0 Å². The maximum absolute atomic E-state index is 12.5. The molecule has 0 aliphatic carbocycles. The molecule has 3 aromatic carbocycles. The molecule has 0 aliphatic rings. The number of ether oxygens (including phenoxy) is 1. The van der Waals surface area contributed by atoms with Crippen molar-refractivity contribution >= 4 is 22.4 Å². The number of nitrogens with one attached hydrogen (secondary N) is 1. The van der Waals surface area contributed by atoms with Gasteiger partial charge in [-0.25, -0.2) is 0 Å². The predicted molar refractivity (Wildman–Crippen MR) is 120 cm³/mol. The summed E-state index contributed by atoms with van der Waals surface area (Å²) in [5.74, 6) is 0.469. The average Bonchev–Trinajstić information content (AvgIpc) is 3.01. The molecule has 1 heterocycles. The third kappa shape index (κ3) is 4.35. The van der Waals surface area contributed by atoms with E-state index in [2.05, 4.69) is 41.6 Å². The van der Waals surface area contributed by atoms with Crippen LogP contribution in [-0.4, -0.2) is 22.3 Å². The van der Waals surface area contributed by atoms with Crippen LogP contribution in [0.2, 0.25) is 0 Å². The van der Waals surface area contributed by atoms with Crippen molar-refractivity contribution in [3.63, 3.8) is 0 Å². The number of aryl methyl sites for hydroxylation is 2. The number of nitrogens with zero attached hydrogens (tertiary/aromatic N) is 2. The van der Waals surface area contributed by atoms with E-state index in [4.69, 9.17) is 4.74 Å². The maximum Gasteiger partial charge on any atom is 0.262 e. The largest absolute Gasteiger partial charge is 0.484 e. The molecule has 1 amide bonds. The summed E-state index contributed by atoms with van der Waals surface area (Å²) in [6.45, 7) is 6.55. The van der Waals surface area contributed by atoms with Gasteiger partial charge >= 0.3 is 0 Å². The van der Waals surface area contributed by atoms with Gasteiger partial charge in [0.05, 0.1) is 23.6 Å². The van der Waals surface area contributed by atoms with Gasteiger partial charge in [0.2, 0.25) is 0 Å². The summed E-state index contributed by atoms with van der Waals surface area (Å²) in [5, 5.41) is 9.77. The van der Waals surface area contributed by atoms with E-state index in [9.17, 15) is 4.79 Å². The molecule has 0 spiro atoms. The molecule has 4 rings (SSSR count). The summed E-state index contributed by atoms with van der Waals surface area (Å²) in [4.78, 5) is 12.5. The molecule has 152 valence electrons. The first-order valence-corrected chi connectivity index (χ1v) is 10.0. The van der Waals surface area contributed by atoms with Gasteiger partial charge in [0.15, 0.2) is 6.61 Å². The molecule has 0 saturated heterocycles. The number of carbonyl (C=O) groups excluding carboxylic acids is 1. The fraction of sp³-hybridized carbons (Fsp3) is 0.200. The first-order valence-electron chi connectivity index (χ1n) is 10.0. The lowest BCUT2D eigenvalue weighted by atomic mass is 10.1. The predicted octanol–water partition coefficient (Wildman–Crippen LogP) is 5.03. The Balaban J connectivity index is 1.41. The summed E-state index contributed by atoms with van der Waals surface area (Å²) >= 11 is 0. The van der Waals surface area contributed by atoms with Crippen molar-refractivity contribution in [1.29, 1.82) is 0 Å². The topological polar surface area (TPSA) is 56.2 Å². The van der Waals surface area contributed by atoms with Crippen molar-refractivity contribution in [1.82, 2.24) is 9.78 Å². The van der Waals surface area contributed by atoms with Crippen molar-refractivity contribution in [2.24, 2.45) is 0 Å². The van der Waals surface area contributed by atoms with Crippen LogP contribution in [0.25, 0.3) is 10.8 Å². The quantitative estimate of drug-likeness (QED) is 0.495. The number of hydrogen-bond donors (Lipinski definition) is 1. The van der Waals surface area contributed by atoms with Crippen molar-refractivity contribution in [3.05, 3.63) is 89.2 Å². The first kappa shape index (κ1) is 19.7. The monoisotopic (exact) mass is 399 g/mol. The minimum absolute atomic E-state index is 0.0552. The Bertz CT molecular complexity index is 1190. The summed E-state index contributed by atoms with van der Waals surface area (Å²) in [7, 11) is 0. The Morgan fingerprint density at radius 2 is 1.70 bits per heavy atom. The van der Waals surface area contributed by atoms with Crippen LogP contribution in [0.4, 0.5) is 5.69 Å². The second-order valence-corrected chi connectivity index (χ2v) is 7.53. The lowest BCUT2D eigenvalue weighted by molar-refractivity contribution is -0.118. The normalized spacial score (nSPS) is 10.9. The number of anilines is 1.